The van der Waals surface area contributed by atoms with Gasteiger partial charge in [-0.2, -0.15) is 0 Å². The van der Waals surface area contributed by atoms with Crippen LogP contribution in [0.5, 0.6) is 0 Å². The van der Waals surface area contributed by atoms with Gasteiger partial charge in [0.25, 0.3) is 0 Å². The second kappa shape index (κ2) is 10.6. The molecule has 35 heavy (non-hydrogen) atoms. The molecule has 180 valence electrons. The average molecular weight is 489 g/mol. The minimum atomic E-state index is -1.04. The minimum Gasteiger partial charge on any atom is -0.611 e. The molecule has 4 aromatic rings. The molecule has 9 heteroatoms. The molecule has 1 saturated heterocycles. The van der Waals surface area contributed by atoms with Crippen molar-refractivity contribution < 1.29 is 9.08 Å². The molecule has 2 aromatic heterocycles. The maximum Gasteiger partial charge on any atom is 0.189 e. The quantitative estimate of drug-likeness (QED) is 0.337. The SMILES string of the molecule is CNCc1ccc(-c2cc(-c3nc(-c4ccc([S+]([O-])C5CCCNC5)cc4)cnc3N)on2)cc1. The fourth-order valence-electron chi connectivity index (χ4n) is 4.19. The lowest BCUT2D eigenvalue weighted by atomic mass is 10.1. The summed E-state index contributed by atoms with van der Waals surface area (Å²) in [5.41, 5.74) is 10.9. The van der Waals surface area contributed by atoms with Gasteiger partial charge in [0.1, 0.15) is 10.9 Å². The second-order valence-electron chi connectivity index (χ2n) is 8.58. The number of aromatic nitrogens is 3. The number of anilines is 1. The van der Waals surface area contributed by atoms with Gasteiger partial charge >= 0.3 is 0 Å². The Morgan fingerprint density at radius 2 is 1.86 bits per heavy atom. The number of rotatable bonds is 7. The van der Waals surface area contributed by atoms with Crippen LogP contribution in [-0.2, 0) is 17.7 Å². The smallest absolute Gasteiger partial charge is 0.189 e. The van der Waals surface area contributed by atoms with Crippen LogP contribution >= 0.6 is 0 Å². The zero-order valence-corrected chi connectivity index (χ0v) is 20.3. The highest BCUT2D eigenvalue weighted by Gasteiger charge is 2.26. The normalized spacial score (nSPS) is 16.8. The number of nitrogens with one attached hydrogen (secondary N) is 2. The molecule has 0 amide bonds. The molecular formula is C26H28N6O2S. The minimum absolute atomic E-state index is 0.151. The number of piperidine rings is 1. The summed E-state index contributed by atoms with van der Waals surface area (Å²) < 4.78 is 18.5. The first-order chi connectivity index (χ1) is 17.1. The summed E-state index contributed by atoms with van der Waals surface area (Å²) in [4.78, 5) is 9.86. The van der Waals surface area contributed by atoms with E-state index in [2.05, 4.69) is 32.9 Å². The lowest BCUT2D eigenvalue weighted by Crippen LogP contribution is -2.38. The number of benzene rings is 2. The van der Waals surface area contributed by atoms with Crippen molar-refractivity contribution in [3.63, 3.8) is 0 Å². The molecule has 2 aromatic carbocycles. The van der Waals surface area contributed by atoms with E-state index in [1.807, 2.05) is 49.5 Å². The van der Waals surface area contributed by atoms with Crippen molar-refractivity contribution in [1.82, 2.24) is 25.8 Å². The highest BCUT2D eigenvalue weighted by molar-refractivity contribution is 7.92. The Labute approximate surface area is 207 Å². The van der Waals surface area contributed by atoms with Crippen molar-refractivity contribution in [2.24, 2.45) is 0 Å². The average Bonchev–Trinajstić information content (AvgIpc) is 3.40. The molecule has 3 heterocycles. The van der Waals surface area contributed by atoms with Gasteiger partial charge in [-0.05, 0) is 67.4 Å². The molecule has 0 saturated carbocycles. The molecule has 2 unspecified atom stereocenters. The predicted molar refractivity (Wildman–Crippen MR) is 138 cm³/mol. The summed E-state index contributed by atoms with van der Waals surface area (Å²) >= 11 is -1.04. The van der Waals surface area contributed by atoms with Crippen molar-refractivity contribution in [3.8, 4) is 34.0 Å². The van der Waals surface area contributed by atoms with E-state index in [-0.39, 0.29) is 11.1 Å². The first-order valence-corrected chi connectivity index (χ1v) is 12.9. The first-order valence-electron chi connectivity index (χ1n) is 11.7. The van der Waals surface area contributed by atoms with E-state index >= 15 is 0 Å². The van der Waals surface area contributed by atoms with E-state index in [9.17, 15) is 4.55 Å². The van der Waals surface area contributed by atoms with Crippen molar-refractivity contribution in [1.29, 1.82) is 0 Å². The van der Waals surface area contributed by atoms with E-state index in [4.69, 9.17) is 15.2 Å². The Kier molecular flexibility index (Phi) is 7.10. The maximum absolute atomic E-state index is 12.9. The number of hydrogen-bond donors (Lipinski definition) is 3. The molecule has 0 spiro atoms. The molecular weight excluding hydrogens is 460 g/mol. The molecule has 1 aliphatic rings. The summed E-state index contributed by atoms with van der Waals surface area (Å²) in [6.45, 7) is 2.60. The monoisotopic (exact) mass is 488 g/mol. The van der Waals surface area contributed by atoms with Crippen LogP contribution in [0.1, 0.15) is 18.4 Å². The van der Waals surface area contributed by atoms with Crippen molar-refractivity contribution >= 4 is 17.0 Å². The molecule has 1 fully saturated rings. The van der Waals surface area contributed by atoms with Gasteiger partial charge in [0.15, 0.2) is 22.2 Å². The van der Waals surface area contributed by atoms with Crippen LogP contribution in [0.2, 0.25) is 0 Å². The lowest BCUT2D eigenvalue weighted by Gasteiger charge is -2.25. The van der Waals surface area contributed by atoms with Crippen LogP contribution in [-0.4, -0.2) is 45.1 Å². The fourth-order valence-corrected chi connectivity index (χ4v) is 5.63. The molecule has 0 aliphatic carbocycles. The van der Waals surface area contributed by atoms with Gasteiger partial charge in [-0.15, -0.1) is 0 Å². The molecule has 8 nitrogen and oxygen atoms in total. The van der Waals surface area contributed by atoms with Gasteiger partial charge in [0, 0.05) is 30.3 Å². The Balaban J connectivity index is 1.36. The van der Waals surface area contributed by atoms with Crippen molar-refractivity contribution in [2.45, 2.75) is 29.5 Å². The molecule has 1 aliphatic heterocycles. The molecule has 0 bridgehead atoms. The van der Waals surface area contributed by atoms with Crippen LogP contribution in [0.15, 0.2) is 70.2 Å². The van der Waals surface area contributed by atoms with E-state index in [1.165, 1.54) is 5.56 Å². The van der Waals surface area contributed by atoms with Crippen LogP contribution in [0.4, 0.5) is 5.82 Å². The summed E-state index contributed by atoms with van der Waals surface area (Å²) in [5.74, 6) is 0.719. The van der Waals surface area contributed by atoms with Gasteiger partial charge < -0.3 is 25.4 Å². The zero-order valence-electron chi connectivity index (χ0n) is 19.5. The summed E-state index contributed by atoms with van der Waals surface area (Å²) in [7, 11) is 1.92. The predicted octanol–water partition coefficient (Wildman–Crippen LogP) is 3.63. The molecule has 4 N–H and O–H groups in total. The third kappa shape index (κ3) is 5.23. The molecule has 5 rings (SSSR count). The van der Waals surface area contributed by atoms with Crippen LogP contribution < -0.4 is 16.4 Å². The lowest BCUT2D eigenvalue weighted by molar-refractivity contribution is 0.434. The number of nitrogens with zero attached hydrogens (tertiary/aromatic N) is 3. The van der Waals surface area contributed by atoms with Gasteiger partial charge in [-0.3, -0.25) is 0 Å². The van der Waals surface area contributed by atoms with Crippen LogP contribution in [0.25, 0.3) is 34.0 Å². The maximum atomic E-state index is 12.9. The Morgan fingerprint density at radius 1 is 1.11 bits per heavy atom. The first kappa shape index (κ1) is 23.5. The van der Waals surface area contributed by atoms with Crippen LogP contribution in [0.3, 0.4) is 0 Å². The fraction of sp³-hybridized carbons (Fsp3) is 0.269. The second-order valence-corrected chi connectivity index (χ2v) is 10.3. The zero-order chi connectivity index (χ0) is 24.2. The number of nitrogen functional groups attached to an aromatic ring is 1. The van der Waals surface area contributed by atoms with Crippen LogP contribution in [0, 0.1) is 0 Å². The molecule has 0 radical (unpaired) electrons. The highest BCUT2D eigenvalue weighted by atomic mass is 32.2. The van der Waals surface area contributed by atoms with Gasteiger partial charge in [0.05, 0.1) is 11.9 Å². The van der Waals surface area contributed by atoms with Crippen molar-refractivity contribution in [3.05, 3.63) is 66.4 Å². The largest absolute Gasteiger partial charge is 0.611 e. The summed E-state index contributed by atoms with van der Waals surface area (Å²) in [6, 6.07) is 17.6. The Morgan fingerprint density at radius 3 is 2.57 bits per heavy atom. The molecule has 2 atom stereocenters. The Hall–Kier alpha value is -3.24. The van der Waals surface area contributed by atoms with Crippen molar-refractivity contribution in [2.75, 3.05) is 25.9 Å². The van der Waals surface area contributed by atoms with E-state index in [1.54, 1.807) is 6.20 Å². The highest BCUT2D eigenvalue weighted by Crippen LogP contribution is 2.30. The van der Waals surface area contributed by atoms with Gasteiger partial charge in [-0.1, -0.05) is 29.4 Å². The third-order valence-electron chi connectivity index (χ3n) is 6.11. The number of hydrogen-bond acceptors (Lipinski definition) is 8. The van der Waals surface area contributed by atoms with E-state index in [0.29, 0.717) is 22.8 Å². The standard InChI is InChI=1S/C26H28N6O2S/c1-28-14-17-4-6-18(7-5-17)22-13-24(34-32-22)25-26(27)30-16-23(31-25)19-8-10-20(11-9-19)35(33)21-3-2-12-29-15-21/h4-11,13,16,21,28-29H,2-3,12,14-15H2,1H3,(H2,27,30). The van der Waals surface area contributed by atoms with E-state index in [0.717, 1.165) is 48.5 Å². The topological polar surface area (TPSA) is 125 Å². The summed E-state index contributed by atoms with van der Waals surface area (Å²) in [5, 5.41) is 10.8. The van der Waals surface area contributed by atoms with Gasteiger partial charge in [-0.25, -0.2) is 9.97 Å². The van der Waals surface area contributed by atoms with E-state index < -0.39 is 11.2 Å². The van der Waals surface area contributed by atoms with Gasteiger partial charge in [0.2, 0.25) is 0 Å². The number of nitrogens with two attached hydrogens (primary N) is 1. The third-order valence-corrected chi connectivity index (χ3v) is 7.86. The Bertz CT molecular complexity index is 1270. The summed E-state index contributed by atoms with van der Waals surface area (Å²) in [6.07, 6.45) is 3.67.